The van der Waals surface area contributed by atoms with Crippen molar-refractivity contribution < 1.29 is 9.53 Å². The molecule has 0 saturated heterocycles. The van der Waals surface area contributed by atoms with Gasteiger partial charge in [0, 0.05) is 11.0 Å². The molecule has 3 heteroatoms. The van der Waals surface area contributed by atoms with E-state index in [0.29, 0.717) is 5.90 Å². The van der Waals surface area contributed by atoms with E-state index in [1.54, 1.807) is 0 Å². The Balaban J connectivity index is 1.48. The van der Waals surface area contributed by atoms with Crippen LogP contribution in [0, 0.1) is 30.1 Å². The van der Waals surface area contributed by atoms with Gasteiger partial charge in [0.25, 0.3) is 0 Å². The lowest BCUT2D eigenvalue weighted by atomic mass is 9.48. The van der Waals surface area contributed by atoms with Gasteiger partial charge in [-0.3, -0.25) is 0 Å². The molecule has 5 aliphatic rings. The highest BCUT2D eigenvalue weighted by Crippen LogP contribution is 2.62. The fraction of sp³-hybridized carbons (Fsp3) is 0.600. The minimum Gasteiger partial charge on any atom is -0.406 e. The molecule has 0 N–H and O–H groups in total. The Labute approximate surface area is 137 Å². The van der Waals surface area contributed by atoms with Crippen molar-refractivity contribution in [3.63, 3.8) is 0 Å². The van der Waals surface area contributed by atoms with Crippen LogP contribution >= 0.6 is 0 Å². The molecule has 6 rings (SSSR count). The molecule has 4 aliphatic carbocycles. The second-order valence-corrected chi connectivity index (χ2v) is 8.40. The number of esters is 1. The quantitative estimate of drug-likeness (QED) is 0.778. The highest BCUT2D eigenvalue weighted by Gasteiger charge is 2.58. The number of hydrogen-bond acceptors (Lipinski definition) is 3. The minimum atomic E-state index is -0.257. The first-order valence-electron chi connectivity index (χ1n) is 8.98. The molecule has 0 amide bonds. The van der Waals surface area contributed by atoms with E-state index in [4.69, 9.17) is 9.73 Å². The van der Waals surface area contributed by atoms with E-state index in [2.05, 4.69) is 6.92 Å². The van der Waals surface area contributed by atoms with E-state index >= 15 is 0 Å². The topological polar surface area (TPSA) is 38.7 Å². The van der Waals surface area contributed by atoms with E-state index in [1.807, 2.05) is 24.3 Å². The molecule has 0 aromatic heterocycles. The van der Waals surface area contributed by atoms with E-state index in [0.717, 1.165) is 23.3 Å². The van der Waals surface area contributed by atoms with Crippen LogP contribution < -0.4 is 0 Å². The first-order valence-corrected chi connectivity index (χ1v) is 8.98. The van der Waals surface area contributed by atoms with Gasteiger partial charge in [-0.05, 0) is 75.3 Å². The number of benzene rings is 1. The van der Waals surface area contributed by atoms with Crippen LogP contribution in [0.5, 0.6) is 0 Å². The maximum Gasteiger partial charge on any atom is 0.338 e. The lowest BCUT2D eigenvalue weighted by Crippen LogP contribution is -2.52. The van der Waals surface area contributed by atoms with Crippen LogP contribution in [0.1, 0.15) is 49.7 Å². The SMILES string of the molecule is Cc1ccc(C2=N[C@@H](C34CC5CC(CC(C5)C3)C4)C(=O)O2)cc1. The third kappa shape index (κ3) is 2.09. The molecule has 1 heterocycles. The normalized spacial score (nSPS) is 41.1. The molecule has 1 aliphatic heterocycles. The molecule has 23 heavy (non-hydrogen) atoms. The summed E-state index contributed by atoms with van der Waals surface area (Å²) in [6, 6.07) is 7.84. The van der Waals surface area contributed by atoms with Gasteiger partial charge in [-0.1, -0.05) is 17.7 Å². The molecule has 0 unspecified atom stereocenters. The molecule has 1 aromatic carbocycles. The number of rotatable bonds is 2. The van der Waals surface area contributed by atoms with Gasteiger partial charge in [0.2, 0.25) is 5.90 Å². The maximum absolute atomic E-state index is 12.6. The number of cyclic esters (lactones) is 1. The number of nitrogens with zero attached hydrogens (tertiary/aromatic N) is 1. The molecule has 4 bridgehead atoms. The number of ether oxygens (including phenoxy) is 1. The largest absolute Gasteiger partial charge is 0.406 e. The third-order valence-corrected chi connectivity index (χ3v) is 6.63. The van der Waals surface area contributed by atoms with Gasteiger partial charge in [-0.15, -0.1) is 0 Å². The number of carbonyl (C=O) groups is 1. The number of hydrogen-bond donors (Lipinski definition) is 0. The standard InChI is InChI=1S/C20H23NO2/c1-12-2-4-16(5-3-12)18-21-17(19(22)23-18)20-9-13-6-14(10-20)8-15(7-13)11-20/h2-5,13-15,17H,6-11H2,1H3/t13?,14?,15?,17-,20?/m1/s1. The number of aryl methyl sites for hydroxylation is 1. The number of carbonyl (C=O) groups excluding carboxylic acids is 1. The van der Waals surface area contributed by atoms with Crippen molar-refractivity contribution in [2.24, 2.45) is 28.2 Å². The molecular formula is C20H23NO2. The highest BCUT2D eigenvalue weighted by atomic mass is 16.6. The van der Waals surface area contributed by atoms with Gasteiger partial charge < -0.3 is 4.74 Å². The van der Waals surface area contributed by atoms with E-state index in [1.165, 1.54) is 44.1 Å². The van der Waals surface area contributed by atoms with E-state index < -0.39 is 0 Å². The van der Waals surface area contributed by atoms with E-state index in [9.17, 15) is 4.79 Å². The molecule has 1 aromatic rings. The van der Waals surface area contributed by atoms with Crippen LogP contribution in [-0.2, 0) is 9.53 Å². The molecule has 0 radical (unpaired) electrons. The molecule has 4 saturated carbocycles. The van der Waals surface area contributed by atoms with Crippen LogP contribution in [0.4, 0.5) is 0 Å². The Kier molecular flexibility index (Phi) is 2.80. The predicted octanol–water partition coefficient (Wildman–Crippen LogP) is 3.88. The summed E-state index contributed by atoms with van der Waals surface area (Å²) in [6.45, 7) is 2.06. The number of aliphatic imine (C=N–C) groups is 1. The second kappa shape index (κ2) is 4.68. The highest BCUT2D eigenvalue weighted by molar-refractivity contribution is 6.06. The van der Waals surface area contributed by atoms with Gasteiger partial charge in [-0.2, -0.15) is 0 Å². The van der Waals surface area contributed by atoms with Gasteiger partial charge >= 0.3 is 5.97 Å². The van der Waals surface area contributed by atoms with Gasteiger partial charge in [0.15, 0.2) is 6.04 Å². The Hall–Kier alpha value is -1.64. The molecular weight excluding hydrogens is 286 g/mol. The van der Waals surface area contributed by atoms with Crippen molar-refractivity contribution in [2.45, 2.75) is 51.5 Å². The van der Waals surface area contributed by atoms with Crippen LogP contribution in [0.25, 0.3) is 0 Å². The van der Waals surface area contributed by atoms with Crippen molar-refractivity contribution in [1.82, 2.24) is 0 Å². The first-order chi connectivity index (χ1) is 11.1. The monoisotopic (exact) mass is 309 g/mol. The fourth-order valence-electron chi connectivity index (χ4n) is 6.08. The smallest absolute Gasteiger partial charge is 0.338 e. The maximum atomic E-state index is 12.6. The molecule has 120 valence electrons. The zero-order valence-corrected chi connectivity index (χ0v) is 13.6. The van der Waals surface area contributed by atoms with Crippen molar-refractivity contribution in [3.8, 4) is 0 Å². The van der Waals surface area contributed by atoms with Crippen LogP contribution in [0.15, 0.2) is 29.3 Å². The zero-order valence-electron chi connectivity index (χ0n) is 13.6. The van der Waals surface area contributed by atoms with Crippen LogP contribution in [0.2, 0.25) is 0 Å². The first kappa shape index (κ1) is 13.8. The third-order valence-electron chi connectivity index (χ3n) is 6.63. The molecule has 0 spiro atoms. The molecule has 4 fully saturated rings. The Morgan fingerprint density at radius 2 is 1.57 bits per heavy atom. The van der Waals surface area contributed by atoms with Crippen molar-refractivity contribution in [2.75, 3.05) is 0 Å². The summed E-state index contributed by atoms with van der Waals surface area (Å²) in [4.78, 5) is 17.4. The summed E-state index contributed by atoms with van der Waals surface area (Å²) in [7, 11) is 0. The van der Waals surface area contributed by atoms with Gasteiger partial charge in [0.1, 0.15) is 0 Å². The second-order valence-electron chi connectivity index (χ2n) is 8.40. The van der Waals surface area contributed by atoms with Crippen LogP contribution in [0.3, 0.4) is 0 Å². The van der Waals surface area contributed by atoms with Crippen molar-refractivity contribution >= 4 is 11.9 Å². The average Bonchev–Trinajstić information content (AvgIpc) is 2.89. The summed E-state index contributed by atoms with van der Waals surface area (Å²) < 4.78 is 5.60. The van der Waals surface area contributed by atoms with Crippen LogP contribution in [-0.4, -0.2) is 17.9 Å². The summed E-state index contributed by atoms with van der Waals surface area (Å²) in [5, 5.41) is 0. The predicted molar refractivity (Wildman–Crippen MR) is 88.2 cm³/mol. The molecule has 3 nitrogen and oxygen atoms in total. The minimum absolute atomic E-state index is 0.0955. The Morgan fingerprint density at radius 3 is 2.13 bits per heavy atom. The van der Waals surface area contributed by atoms with Gasteiger partial charge in [0.05, 0.1) is 0 Å². The van der Waals surface area contributed by atoms with Crippen molar-refractivity contribution in [3.05, 3.63) is 35.4 Å². The summed E-state index contributed by atoms with van der Waals surface area (Å²) in [6.07, 6.45) is 7.71. The summed E-state index contributed by atoms with van der Waals surface area (Å²) in [5.41, 5.74) is 2.23. The average molecular weight is 309 g/mol. The lowest BCUT2D eigenvalue weighted by Gasteiger charge is -2.57. The Bertz CT molecular complexity index is 653. The van der Waals surface area contributed by atoms with Crippen molar-refractivity contribution in [1.29, 1.82) is 0 Å². The Morgan fingerprint density at radius 1 is 1.00 bits per heavy atom. The molecule has 1 atom stereocenters. The van der Waals surface area contributed by atoms with E-state index in [-0.39, 0.29) is 17.4 Å². The summed E-state index contributed by atoms with van der Waals surface area (Å²) >= 11 is 0. The fourth-order valence-corrected chi connectivity index (χ4v) is 6.08. The zero-order chi connectivity index (χ0) is 15.6. The lowest BCUT2D eigenvalue weighted by molar-refractivity contribution is -0.144. The van der Waals surface area contributed by atoms with Gasteiger partial charge in [-0.25, -0.2) is 9.79 Å². The summed E-state index contributed by atoms with van der Waals surface area (Å²) in [5.74, 6) is 2.91.